The van der Waals surface area contributed by atoms with Crippen molar-refractivity contribution in [2.24, 2.45) is 10.9 Å². The van der Waals surface area contributed by atoms with Gasteiger partial charge in [-0.25, -0.2) is 14.4 Å². The molecule has 0 amide bonds. The Balaban J connectivity index is 1.34. The molecule has 0 bridgehead atoms. The molecule has 3 unspecified atom stereocenters. The third kappa shape index (κ3) is 4.05. The van der Waals surface area contributed by atoms with Gasteiger partial charge in [-0.3, -0.25) is 4.99 Å². The Labute approximate surface area is 188 Å². The van der Waals surface area contributed by atoms with E-state index in [0.717, 1.165) is 11.8 Å². The molecule has 3 aromatic heterocycles. The predicted molar refractivity (Wildman–Crippen MR) is 122 cm³/mol. The summed E-state index contributed by atoms with van der Waals surface area (Å²) >= 11 is 0. The van der Waals surface area contributed by atoms with Gasteiger partial charge in [0.2, 0.25) is 0 Å². The summed E-state index contributed by atoms with van der Waals surface area (Å²) in [7, 11) is 0. The number of halogens is 1. The second-order valence-electron chi connectivity index (χ2n) is 8.02. The van der Waals surface area contributed by atoms with Gasteiger partial charge in [0.15, 0.2) is 5.58 Å². The molecule has 3 atom stereocenters. The standard InChI is InChI=1S/C23H21FN8O/c24-16-1-2-20-19(9-16)31-23(33-20)32-8-5-14(12-32)18(3-6-25)28-11-15(10-26)21-17-4-7-27-22(17)30-13-29-21/h1-2,4,7,9-11,13-15,18,26H,3,5,8,12H2,(H,27,29,30). The number of aromatic nitrogens is 4. The number of nitrogens with one attached hydrogen (secondary N) is 2. The normalized spacial score (nSPS) is 18.2. The number of hydrogen-bond donors (Lipinski definition) is 2. The number of anilines is 1. The van der Waals surface area contributed by atoms with E-state index in [4.69, 9.17) is 14.8 Å². The van der Waals surface area contributed by atoms with Gasteiger partial charge in [0, 0.05) is 49.1 Å². The minimum atomic E-state index is -0.420. The fourth-order valence-corrected chi connectivity index (χ4v) is 4.29. The van der Waals surface area contributed by atoms with Crippen molar-refractivity contribution in [2.45, 2.75) is 24.8 Å². The molecule has 4 heterocycles. The van der Waals surface area contributed by atoms with Gasteiger partial charge in [-0.1, -0.05) is 0 Å². The van der Waals surface area contributed by atoms with Crippen molar-refractivity contribution >= 4 is 40.6 Å². The molecule has 0 spiro atoms. The first-order chi connectivity index (χ1) is 16.2. The predicted octanol–water partition coefficient (Wildman–Crippen LogP) is 3.85. The van der Waals surface area contributed by atoms with Gasteiger partial charge in [-0.15, -0.1) is 0 Å². The van der Waals surface area contributed by atoms with E-state index >= 15 is 0 Å². The minimum absolute atomic E-state index is 0.122. The summed E-state index contributed by atoms with van der Waals surface area (Å²) in [6, 6.07) is 8.60. The summed E-state index contributed by atoms with van der Waals surface area (Å²) in [5.41, 5.74) is 2.42. The van der Waals surface area contributed by atoms with Crippen molar-refractivity contribution in [1.29, 1.82) is 10.7 Å². The summed E-state index contributed by atoms with van der Waals surface area (Å²) < 4.78 is 19.3. The van der Waals surface area contributed by atoms with Crippen molar-refractivity contribution < 1.29 is 8.81 Å². The van der Waals surface area contributed by atoms with Crippen molar-refractivity contribution in [3.8, 4) is 6.07 Å². The number of fused-ring (bicyclic) bond motifs is 2. The van der Waals surface area contributed by atoms with Gasteiger partial charge in [-0.2, -0.15) is 10.2 Å². The van der Waals surface area contributed by atoms with E-state index in [1.807, 2.05) is 11.0 Å². The third-order valence-corrected chi connectivity index (χ3v) is 6.00. The number of aliphatic imine (C=N–C) groups is 1. The number of nitriles is 1. The second-order valence-corrected chi connectivity index (χ2v) is 8.02. The van der Waals surface area contributed by atoms with E-state index in [1.165, 1.54) is 24.7 Å². The Bertz CT molecular complexity index is 1370. The molecular weight excluding hydrogens is 423 g/mol. The summed E-state index contributed by atoms with van der Waals surface area (Å²) in [6.45, 7) is 1.34. The van der Waals surface area contributed by atoms with Crippen molar-refractivity contribution in [2.75, 3.05) is 18.0 Å². The summed E-state index contributed by atoms with van der Waals surface area (Å²) in [6.07, 6.45) is 7.33. The highest BCUT2D eigenvalue weighted by molar-refractivity contribution is 5.94. The SMILES string of the molecule is N#CCC(N=CC(C=N)c1ncnc2[nH]ccc12)C1CCN(c2nc3cc(F)ccc3o2)C1. The van der Waals surface area contributed by atoms with Crippen LogP contribution in [0.15, 0.2) is 46.2 Å². The van der Waals surface area contributed by atoms with Crippen LogP contribution >= 0.6 is 0 Å². The van der Waals surface area contributed by atoms with Gasteiger partial charge < -0.3 is 19.7 Å². The lowest BCUT2D eigenvalue weighted by molar-refractivity contribution is 0.464. The van der Waals surface area contributed by atoms with Gasteiger partial charge in [0.05, 0.1) is 30.1 Å². The maximum atomic E-state index is 13.5. The number of H-pyrrole nitrogens is 1. The van der Waals surface area contributed by atoms with Crippen LogP contribution in [-0.2, 0) is 0 Å². The Hall–Kier alpha value is -4.13. The molecule has 4 aromatic rings. The van der Waals surface area contributed by atoms with Crippen LogP contribution in [0.2, 0.25) is 0 Å². The quantitative estimate of drug-likeness (QED) is 0.416. The molecule has 33 heavy (non-hydrogen) atoms. The van der Waals surface area contributed by atoms with Gasteiger partial charge in [0.25, 0.3) is 6.01 Å². The van der Waals surface area contributed by atoms with Crippen LogP contribution in [0.4, 0.5) is 10.4 Å². The molecule has 10 heteroatoms. The van der Waals surface area contributed by atoms with Gasteiger partial charge in [-0.05, 0) is 24.6 Å². The first kappa shape index (κ1) is 20.8. The molecule has 2 N–H and O–H groups in total. The minimum Gasteiger partial charge on any atom is -0.423 e. The summed E-state index contributed by atoms with van der Waals surface area (Å²) in [5.74, 6) is -0.653. The molecule has 1 saturated heterocycles. The highest BCUT2D eigenvalue weighted by atomic mass is 19.1. The first-order valence-electron chi connectivity index (χ1n) is 10.7. The average Bonchev–Trinajstić information content (AvgIpc) is 3.57. The lowest BCUT2D eigenvalue weighted by Gasteiger charge is -2.18. The highest BCUT2D eigenvalue weighted by Crippen LogP contribution is 2.30. The van der Waals surface area contributed by atoms with Crippen molar-refractivity contribution in [3.63, 3.8) is 0 Å². The topological polar surface area (TPSA) is 131 Å². The zero-order valence-electron chi connectivity index (χ0n) is 17.6. The fourth-order valence-electron chi connectivity index (χ4n) is 4.29. The molecule has 1 aliphatic heterocycles. The molecule has 1 aromatic carbocycles. The Morgan fingerprint density at radius 2 is 2.30 bits per heavy atom. The monoisotopic (exact) mass is 444 g/mol. The van der Waals surface area contributed by atoms with Crippen LogP contribution in [0.25, 0.3) is 22.1 Å². The molecule has 1 aliphatic rings. The Kier molecular flexibility index (Phi) is 5.52. The number of benzene rings is 1. The number of aromatic amines is 1. The van der Waals surface area contributed by atoms with E-state index in [9.17, 15) is 9.65 Å². The summed E-state index contributed by atoms with van der Waals surface area (Å²) in [5, 5.41) is 18.1. The van der Waals surface area contributed by atoms with E-state index in [0.29, 0.717) is 41.5 Å². The van der Waals surface area contributed by atoms with Crippen LogP contribution in [0.1, 0.15) is 24.5 Å². The largest absolute Gasteiger partial charge is 0.423 e. The smallest absolute Gasteiger partial charge is 0.298 e. The zero-order chi connectivity index (χ0) is 22.8. The van der Waals surface area contributed by atoms with Crippen LogP contribution < -0.4 is 4.90 Å². The maximum absolute atomic E-state index is 13.5. The van der Waals surface area contributed by atoms with Crippen molar-refractivity contribution in [3.05, 3.63) is 48.3 Å². The number of nitrogens with zero attached hydrogens (tertiary/aromatic N) is 6. The second kappa shape index (κ2) is 8.78. The van der Waals surface area contributed by atoms with Gasteiger partial charge >= 0.3 is 0 Å². The molecule has 9 nitrogen and oxygen atoms in total. The lowest BCUT2D eigenvalue weighted by atomic mass is 9.96. The molecule has 0 saturated carbocycles. The highest BCUT2D eigenvalue weighted by Gasteiger charge is 2.31. The fraction of sp³-hybridized carbons (Fsp3) is 0.304. The Morgan fingerprint density at radius 1 is 1.39 bits per heavy atom. The molecule has 0 radical (unpaired) electrons. The number of oxazole rings is 1. The third-order valence-electron chi connectivity index (χ3n) is 6.00. The van der Waals surface area contributed by atoms with E-state index in [2.05, 4.69) is 26.0 Å². The summed E-state index contributed by atoms with van der Waals surface area (Å²) in [4.78, 5) is 22.7. The molecule has 5 rings (SSSR count). The zero-order valence-corrected chi connectivity index (χ0v) is 17.6. The number of hydrogen-bond acceptors (Lipinski definition) is 8. The molecule has 1 fully saturated rings. The van der Waals surface area contributed by atoms with E-state index < -0.39 is 5.92 Å². The van der Waals surface area contributed by atoms with E-state index in [-0.39, 0.29) is 24.2 Å². The molecule has 0 aliphatic carbocycles. The Morgan fingerprint density at radius 3 is 3.15 bits per heavy atom. The molecular formula is C23H21FN8O. The lowest BCUT2D eigenvalue weighted by Crippen LogP contribution is -2.25. The van der Waals surface area contributed by atoms with Crippen LogP contribution in [-0.4, -0.2) is 51.5 Å². The average molecular weight is 444 g/mol. The molecule has 166 valence electrons. The van der Waals surface area contributed by atoms with Crippen LogP contribution in [0, 0.1) is 28.5 Å². The van der Waals surface area contributed by atoms with E-state index in [1.54, 1.807) is 18.5 Å². The van der Waals surface area contributed by atoms with Crippen LogP contribution in [0.3, 0.4) is 0 Å². The maximum Gasteiger partial charge on any atom is 0.298 e. The van der Waals surface area contributed by atoms with Crippen molar-refractivity contribution in [1.82, 2.24) is 19.9 Å². The first-order valence-corrected chi connectivity index (χ1v) is 10.7. The van der Waals surface area contributed by atoms with Gasteiger partial charge in [0.1, 0.15) is 23.3 Å². The van der Waals surface area contributed by atoms with Crippen LogP contribution in [0.5, 0.6) is 0 Å². The number of rotatable bonds is 7.